The zero-order chi connectivity index (χ0) is 19.0. The quantitative estimate of drug-likeness (QED) is 0.861. The first-order valence-electron chi connectivity index (χ1n) is 9.48. The highest BCUT2D eigenvalue weighted by Crippen LogP contribution is 2.42. The van der Waals surface area contributed by atoms with Crippen LogP contribution < -0.4 is 4.90 Å². The van der Waals surface area contributed by atoms with Crippen LogP contribution in [-0.2, 0) is 25.5 Å². The molecule has 3 heterocycles. The Morgan fingerprint density at radius 1 is 1.26 bits per heavy atom. The Hall–Kier alpha value is -2.41. The van der Waals surface area contributed by atoms with Crippen LogP contribution >= 0.6 is 0 Å². The van der Waals surface area contributed by atoms with Gasteiger partial charge in [0, 0.05) is 50.7 Å². The maximum absolute atomic E-state index is 12.8. The minimum atomic E-state index is -0.887. The van der Waals surface area contributed by atoms with Gasteiger partial charge in [-0.15, -0.1) is 0 Å². The van der Waals surface area contributed by atoms with Crippen molar-refractivity contribution in [2.75, 3.05) is 37.7 Å². The molecule has 3 aliphatic rings. The number of ether oxygens (including phenoxy) is 1. The largest absolute Gasteiger partial charge is 0.481 e. The molecule has 0 bridgehead atoms. The van der Waals surface area contributed by atoms with Crippen molar-refractivity contribution >= 4 is 23.5 Å². The molecular weight excluding hydrogens is 348 g/mol. The molecule has 4 rings (SSSR count). The lowest BCUT2D eigenvalue weighted by atomic mass is 9.74. The summed E-state index contributed by atoms with van der Waals surface area (Å²) < 4.78 is 5.44. The van der Waals surface area contributed by atoms with E-state index in [1.54, 1.807) is 9.80 Å². The van der Waals surface area contributed by atoms with E-state index < -0.39 is 11.4 Å². The predicted molar refractivity (Wildman–Crippen MR) is 97.3 cm³/mol. The van der Waals surface area contributed by atoms with Gasteiger partial charge in [0.25, 0.3) is 0 Å². The lowest BCUT2D eigenvalue weighted by molar-refractivity contribution is -0.157. The number of nitrogens with zero attached hydrogens (tertiary/aromatic N) is 2. The van der Waals surface area contributed by atoms with Gasteiger partial charge in [-0.25, -0.2) is 0 Å². The number of carboxylic acid groups (broad SMARTS) is 1. The van der Waals surface area contributed by atoms with Gasteiger partial charge in [0.15, 0.2) is 0 Å². The molecule has 0 aliphatic carbocycles. The lowest BCUT2D eigenvalue weighted by Crippen LogP contribution is -2.45. The normalized spacial score (nSPS) is 27.3. The first kappa shape index (κ1) is 18.0. The van der Waals surface area contributed by atoms with E-state index in [2.05, 4.69) is 0 Å². The van der Waals surface area contributed by atoms with Crippen LogP contribution in [-0.4, -0.2) is 60.6 Å². The van der Waals surface area contributed by atoms with E-state index in [0.717, 1.165) is 17.7 Å². The van der Waals surface area contributed by atoms with Gasteiger partial charge in [-0.05, 0) is 24.5 Å². The van der Waals surface area contributed by atoms with Crippen molar-refractivity contribution in [1.29, 1.82) is 0 Å². The summed E-state index contributed by atoms with van der Waals surface area (Å²) in [5, 5.41) is 9.73. The summed E-state index contributed by atoms with van der Waals surface area (Å²) in [5.41, 5.74) is 1.12. The third-order valence-electron chi connectivity index (χ3n) is 6.23. The van der Waals surface area contributed by atoms with E-state index in [1.165, 1.54) is 0 Å². The number of carbonyl (C=O) groups excluding carboxylic acids is 2. The predicted octanol–water partition coefficient (Wildman–Crippen LogP) is 1.31. The van der Waals surface area contributed by atoms with Gasteiger partial charge in [-0.1, -0.05) is 18.2 Å². The molecule has 2 fully saturated rings. The number of amides is 2. The SMILES string of the molecule is O=C(CCN1C(=O)CCc2ccccc21)N1C[C@H]2COCC[C@@]2(C(=O)O)C1. The zero-order valence-electron chi connectivity index (χ0n) is 15.2. The summed E-state index contributed by atoms with van der Waals surface area (Å²) in [5.74, 6) is -1.07. The number of likely N-dealkylation sites (tertiary alicyclic amines) is 1. The third kappa shape index (κ3) is 3.10. The standard InChI is InChI=1S/C20H24N2O5/c23-17(21-11-15-12-27-10-8-20(15,13-21)19(25)26)7-9-22-16-4-2-1-3-14(16)5-6-18(22)24/h1-4,15H,5-13H2,(H,25,26)/t15-,20+/m0/s1. The van der Waals surface area contributed by atoms with E-state index in [9.17, 15) is 19.5 Å². The second kappa shape index (κ2) is 6.96. The molecule has 2 amide bonds. The maximum Gasteiger partial charge on any atom is 0.311 e. The van der Waals surface area contributed by atoms with Gasteiger partial charge in [-0.3, -0.25) is 14.4 Å². The first-order valence-corrected chi connectivity index (χ1v) is 9.48. The van der Waals surface area contributed by atoms with Crippen molar-refractivity contribution in [2.45, 2.75) is 25.7 Å². The Morgan fingerprint density at radius 2 is 2.07 bits per heavy atom. The number of anilines is 1. The van der Waals surface area contributed by atoms with Gasteiger partial charge < -0.3 is 19.6 Å². The molecule has 0 unspecified atom stereocenters. The number of hydrogen-bond donors (Lipinski definition) is 1. The zero-order valence-corrected chi connectivity index (χ0v) is 15.2. The number of fused-ring (bicyclic) bond motifs is 2. The molecule has 2 atom stereocenters. The Labute approximate surface area is 157 Å². The summed E-state index contributed by atoms with van der Waals surface area (Å²) in [6.45, 7) is 1.78. The van der Waals surface area contributed by atoms with E-state index in [1.807, 2.05) is 24.3 Å². The highest BCUT2D eigenvalue weighted by atomic mass is 16.5. The van der Waals surface area contributed by atoms with Crippen molar-refractivity contribution in [2.24, 2.45) is 11.3 Å². The molecule has 7 nitrogen and oxygen atoms in total. The van der Waals surface area contributed by atoms with Crippen LogP contribution in [0.2, 0.25) is 0 Å². The fourth-order valence-corrected chi connectivity index (χ4v) is 4.60. The Kier molecular flexibility index (Phi) is 4.63. The van der Waals surface area contributed by atoms with Crippen LogP contribution in [0.1, 0.15) is 24.8 Å². The van der Waals surface area contributed by atoms with Gasteiger partial charge in [0.1, 0.15) is 0 Å². The van der Waals surface area contributed by atoms with Gasteiger partial charge in [-0.2, -0.15) is 0 Å². The van der Waals surface area contributed by atoms with Crippen LogP contribution in [0, 0.1) is 11.3 Å². The van der Waals surface area contributed by atoms with E-state index >= 15 is 0 Å². The number of aliphatic carboxylic acids is 1. The average molecular weight is 372 g/mol. The molecule has 144 valence electrons. The summed E-state index contributed by atoms with van der Waals surface area (Å²) >= 11 is 0. The second-order valence-electron chi connectivity index (χ2n) is 7.68. The fraction of sp³-hybridized carbons (Fsp3) is 0.550. The topological polar surface area (TPSA) is 87.2 Å². The summed E-state index contributed by atoms with van der Waals surface area (Å²) in [4.78, 5) is 40.3. The molecule has 1 aromatic carbocycles. The van der Waals surface area contributed by atoms with Crippen molar-refractivity contribution < 1.29 is 24.2 Å². The van der Waals surface area contributed by atoms with E-state index in [4.69, 9.17) is 4.74 Å². The average Bonchev–Trinajstić information content (AvgIpc) is 3.08. The molecular formula is C20H24N2O5. The molecule has 1 aromatic rings. The highest BCUT2D eigenvalue weighted by molar-refractivity contribution is 5.97. The monoisotopic (exact) mass is 372 g/mol. The van der Waals surface area contributed by atoms with Crippen molar-refractivity contribution in [3.05, 3.63) is 29.8 Å². The summed E-state index contributed by atoms with van der Waals surface area (Å²) in [6.07, 6.45) is 1.82. The number of hydrogen-bond acceptors (Lipinski definition) is 4. The van der Waals surface area contributed by atoms with Gasteiger partial charge in [0.2, 0.25) is 11.8 Å². The summed E-state index contributed by atoms with van der Waals surface area (Å²) in [6, 6.07) is 7.78. The van der Waals surface area contributed by atoms with Crippen LogP contribution in [0.15, 0.2) is 24.3 Å². The van der Waals surface area contributed by atoms with Crippen LogP contribution in [0.4, 0.5) is 5.69 Å². The Bertz CT molecular complexity index is 779. The van der Waals surface area contributed by atoms with Crippen molar-refractivity contribution in [3.8, 4) is 0 Å². The minimum absolute atomic E-state index is 0.0343. The minimum Gasteiger partial charge on any atom is -0.481 e. The molecule has 0 spiro atoms. The van der Waals surface area contributed by atoms with Crippen molar-refractivity contribution in [1.82, 2.24) is 4.90 Å². The van der Waals surface area contributed by atoms with E-state index in [0.29, 0.717) is 39.1 Å². The third-order valence-corrected chi connectivity index (χ3v) is 6.23. The van der Waals surface area contributed by atoms with E-state index in [-0.39, 0.29) is 30.7 Å². The highest BCUT2D eigenvalue weighted by Gasteiger charge is 2.54. The van der Waals surface area contributed by atoms with Crippen LogP contribution in [0.25, 0.3) is 0 Å². The molecule has 0 radical (unpaired) electrons. The molecule has 1 N–H and O–H groups in total. The Balaban J connectivity index is 1.43. The lowest BCUT2D eigenvalue weighted by Gasteiger charge is -2.33. The Morgan fingerprint density at radius 3 is 2.85 bits per heavy atom. The maximum atomic E-state index is 12.8. The first-order chi connectivity index (χ1) is 13.0. The number of para-hydroxylation sites is 1. The fourth-order valence-electron chi connectivity index (χ4n) is 4.60. The number of benzene rings is 1. The molecule has 0 saturated carbocycles. The molecule has 2 saturated heterocycles. The molecule has 7 heteroatoms. The van der Waals surface area contributed by atoms with Crippen LogP contribution in [0.5, 0.6) is 0 Å². The summed E-state index contributed by atoms with van der Waals surface area (Å²) in [7, 11) is 0. The van der Waals surface area contributed by atoms with Crippen LogP contribution in [0.3, 0.4) is 0 Å². The molecule has 3 aliphatic heterocycles. The number of rotatable bonds is 4. The number of aryl methyl sites for hydroxylation is 1. The smallest absolute Gasteiger partial charge is 0.311 e. The second-order valence-corrected chi connectivity index (χ2v) is 7.68. The van der Waals surface area contributed by atoms with Crippen molar-refractivity contribution in [3.63, 3.8) is 0 Å². The number of carbonyl (C=O) groups is 3. The molecule has 0 aromatic heterocycles. The van der Waals surface area contributed by atoms with Gasteiger partial charge >= 0.3 is 5.97 Å². The molecule has 27 heavy (non-hydrogen) atoms. The van der Waals surface area contributed by atoms with Gasteiger partial charge in [0.05, 0.1) is 12.0 Å². The number of carboxylic acids is 1.